The van der Waals surface area contributed by atoms with Crippen LogP contribution < -0.4 is 14.9 Å². The second-order valence-corrected chi connectivity index (χ2v) is 8.64. The number of hydrogen-bond donors (Lipinski definition) is 0. The summed E-state index contributed by atoms with van der Waals surface area (Å²) >= 11 is 0. The van der Waals surface area contributed by atoms with Gasteiger partial charge in [0.2, 0.25) is 5.76 Å². The van der Waals surface area contributed by atoms with Crippen molar-refractivity contribution >= 4 is 16.9 Å². The van der Waals surface area contributed by atoms with E-state index in [0.29, 0.717) is 59.9 Å². The van der Waals surface area contributed by atoms with Crippen molar-refractivity contribution in [3.8, 4) is 11.5 Å². The molecule has 2 aliphatic rings. The number of fused-ring (bicyclic) bond motifs is 2. The smallest absolute Gasteiger partial charge is 0.290 e. The van der Waals surface area contributed by atoms with E-state index in [1.54, 1.807) is 37.3 Å². The largest absolute Gasteiger partial charge is 0.497 e. The third-order valence-electron chi connectivity index (χ3n) is 6.61. The minimum Gasteiger partial charge on any atom is -0.497 e. The Morgan fingerprint density at radius 2 is 1.79 bits per heavy atom. The minimum atomic E-state index is -0.644. The van der Waals surface area contributed by atoms with Crippen molar-refractivity contribution in [2.45, 2.75) is 13.0 Å². The Morgan fingerprint density at radius 1 is 1.00 bits per heavy atom. The zero-order valence-electron chi connectivity index (χ0n) is 19.6. The first-order valence-electron chi connectivity index (χ1n) is 11.4. The zero-order valence-corrected chi connectivity index (χ0v) is 19.6. The first kappa shape index (κ1) is 22.4. The standard InChI is InChI=1S/C26H28N2O6/c1-16-4-6-21-19(14-16)24(29)22-23(18-15-17(31-2)5-7-20(18)32-3)28(26(30)25(22)34-21)9-8-27-10-12-33-13-11-27/h4-7,14-15,23H,8-13H2,1-3H3. The van der Waals surface area contributed by atoms with Gasteiger partial charge in [0.05, 0.1) is 44.4 Å². The molecule has 1 saturated heterocycles. The maximum atomic E-state index is 13.8. The molecule has 0 N–H and O–H groups in total. The summed E-state index contributed by atoms with van der Waals surface area (Å²) in [5.41, 5.74) is 2.20. The average Bonchev–Trinajstić information content (AvgIpc) is 3.15. The molecule has 0 spiro atoms. The summed E-state index contributed by atoms with van der Waals surface area (Å²) in [6.07, 6.45) is 0. The van der Waals surface area contributed by atoms with Gasteiger partial charge in [-0.05, 0) is 37.3 Å². The number of morpholine rings is 1. The molecular weight excluding hydrogens is 436 g/mol. The molecule has 8 heteroatoms. The van der Waals surface area contributed by atoms with Crippen LogP contribution in [0.25, 0.3) is 11.0 Å². The van der Waals surface area contributed by atoms with Gasteiger partial charge in [-0.3, -0.25) is 14.5 Å². The van der Waals surface area contributed by atoms with Crippen molar-refractivity contribution in [2.75, 3.05) is 53.6 Å². The van der Waals surface area contributed by atoms with Crippen LogP contribution in [0.2, 0.25) is 0 Å². The van der Waals surface area contributed by atoms with Crippen molar-refractivity contribution in [1.82, 2.24) is 9.80 Å². The fourth-order valence-corrected chi connectivity index (χ4v) is 4.82. The number of hydrogen-bond acceptors (Lipinski definition) is 7. The average molecular weight is 465 g/mol. The van der Waals surface area contributed by atoms with Crippen molar-refractivity contribution in [2.24, 2.45) is 0 Å². The van der Waals surface area contributed by atoms with E-state index >= 15 is 0 Å². The van der Waals surface area contributed by atoms with E-state index in [1.807, 2.05) is 25.1 Å². The molecule has 1 fully saturated rings. The minimum absolute atomic E-state index is 0.0956. The number of nitrogens with zero attached hydrogens (tertiary/aromatic N) is 2. The van der Waals surface area contributed by atoms with Gasteiger partial charge in [-0.25, -0.2) is 0 Å². The molecule has 3 heterocycles. The van der Waals surface area contributed by atoms with Gasteiger partial charge in [-0.15, -0.1) is 0 Å². The first-order chi connectivity index (χ1) is 16.5. The highest BCUT2D eigenvalue weighted by atomic mass is 16.5. The molecule has 2 aromatic carbocycles. The van der Waals surface area contributed by atoms with Gasteiger partial charge < -0.3 is 23.5 Å². The van der Waals surface area contributed by atoms with Crippen molar-refractivity contribution in [3.05, 3.63) is 69.1 Å². The van der Waals surface area contributed by atoms with E-state index < -0.39 is 6.04 Å². The Bertz CT molecular complexity index is 1290. The van der Waals surface area contributed by atoms with E-state index in [1.165, 1.54) is 0 Å². The molecule has 1 aromatic heterocycles. The number of rotatable bonds is 6. The molecule has 1 unspecified atom stereocenters. The number of aryl methyl sites for hydroxylation is 1. The molecule has 1 amide bonds. The van der Waals surface area contributed by atoms with Gasteiger partial charge in [0.25, 0.3) is 5.91 Å². The van der Waals surface area contributed by atoms with Crippen LogP contribution in [0.4, 0.5) is 0 Å². The Hall–Kier alpha value is -3.36. The Balaban J connectivity index is 1.66. The van der Waals surface area contributed by atoms with Gasteiger partial charge in [0.1, 0.15) is 17.1 Å². The third kappa shape index (κ3) is 3.82. The molecule has 2 aliphatic heterocycles. The van der Waals surface area contributed by atoms with E-state index in [9.17, 15) is 9.59 Å². The molecule has 1 atom stereocenters. The maximum absolute atomic E-state index is 13.8. The van der Waals surface area contributed by atoms with E-state index in [0.717, 1.165) is 18.7 Å². The van der Waals surface area contributed by atoms with E-state index in [4.69, 9.17) is 18.6 Å². The second-order valence-electron chi connectivity index (χ2n) is 8.64. The summed E-state index contributed by atoms with van der Waals surface area (Å²) in [6, 6.07) is 10.2. The maximum Gasteiger partial charge on any atom is 0.290 e. The van der Waals surface area contributed by atoms with Crippen LogP contribution in [-0.2, 0) is 4.74 Å². The van der Waals surface area contributed by atoms with Crippen LogP contribution >= 0.6 is 0 Å². The number of amides is 1. The monoisotopic (exact) mass is 464 g/mol. The van der Waals surface area contributed by atoms with Crippen molar-refractivity contribution in [1.29, 1.82) is 0 Å². The summed E-state index contributed by atoms with van der Waals surface area (Å²) in [5, 5.41) is 0.466. The lowest BCUT2D eigenvalue weighted by atomic mass is 9.97. The lowest BCUT2D eigenvalue weighted by Gasteiger charge is -2.31. The fraction of sp³-hybridized carbons (Fsp3) is 0.385. The van der Waals surface area contributed by atoms with Gasteiger partial charge >= 0.3 is 0 Å². The topological polar surface area (TPSA) is 81.5 Å². The number of methoxy groups -OCH3 is 2. The summed E-state index contributed by atoms with van der Waals surface area (Å²) in [6.45, 7) is 5.99. The molecule has 178 valence electrons. The van der Waals surface area contributed by atoms with Gasteiger partial charge in [0.15, 0.2) is 5.43 Å². The molecule has 0 bridgehead atoms. The van der Waals surface area contributed by atoms with Crippen LogP contribution in [0.15, 0.2) is 45.6 Å². The highest BCUT2D eigenvalue weighted by Crippen LogP contribution is 2.42. The summed E-state index contributed by atoms with van der Waals surface area (Å²) < 4.78 is 22.6. The highest BCUT2D eigenvalue weighted by molar-refractivity contribution is 5.99. The predicted octanol–water partition coefficient (Wildman–Crippen LogP) is 3.00. The summed E-state index contributed by atoms with van der Waals surface area (Å²) in [5.74, 6) is 0.994. The molecular formula is C26H28N2O6. The van der Waals surface area contributed by atoms with Crippen LogP contribution in [0.1, 0.15) is 33.3 Å². The SMILES string of the molecule is COc1ccc(OC)c(C2c3c(oc4ccc(C)cc4c3=O)C(=O)N2CCN2CCOCC2)c1. The van der Waals surface area contributed by atoms with Crippen molar-refractivity contribution in [3.63, 3.8) is 0 Å². The van der Waals surface area contributed by atoms with Gasteiger partial charge in [-0.1, -0.05) is 11.6 Å². The normalized spacial score (nSPS) is 18.4. The van der Waals surface area contributed by atoms with Crippen LogP contribution in [0.3, 0.4) is 0 Å². The molecule has 5 rings (SSSR count). The van der Waals surface area contributed by atoms with Crippen LogP contribution in [0, 0.1) is 6.92 Å². The van der Waals surface area contributed by atoms with Gasteiger partial charge in [0, 0.05) is 31.7 Å². The Labute approximate surface area is 197 Å². The van der Waals surface area contributed by atoms with Crippen molar-refractivity contribution < 1.29 is 23.4 Å². The molecule has 3 aromatic rings. The second kappa shape index (κ2) is 9.12. The number of ether oxygens (including phenoxy) is 3. The Kier molecular flexibility index (Phi) is 6.02. The predicted molar refractivity (Wildman–Crippen MR) is 127 cm³/mol. The number of carbonyl (C=O) groups excluding carboxylic acids is 1. The van der Waals surface area contributed by atoms with E-state index in [2.05, 4.69) is 4.90 Å². The van der Waals surface area contributed by atoms with Crippen LogP contribution in [0.5, 0.6) is 11.5 Å². The number of carbonyl (C=O) groups is 1. The highest BCUT2D eigenvalue weighted by Gasteiger charge is 2.44. The fourth-order valence-electron chi connectivity index (χ4n) is 4.82. The number of benzene rings is 2. The summed E-state index contributed by atoms with van der Waals surface area (Å²) in [7, 11) is 3.16. The first-order valence-corrected chi connectivity index (χ1v) is 11.4. The molecule has 34 heavy (non-hydrogen) atoms. The summed E-state index contributed by atoms with van der Waals surface area (Å²) in [4.78, 5) is 31.4. The van der Waals surface area contributed by atoms with Crippen LogP contribution in [-0.4, -0.2) is 69.3 Å². The molecule has 0 saturated carbocycles. The quantitative estimate of drug-likeness (QED) is 0.555. The molecule has 0 radical (unpaired) electrons. The van der Waals surface area contributed by atoms with E-state index in [-0.39, 0.29) is 17.1 Å². The lowest BCUT2D eigenvalue weighted by Crippen LogP contribution is -2.42. The molecule has 0 aliphatic carbocycles. The van der Waals surface area contributed by atoms with Gasteiger partial charge in [-0.2, -0.15) is 0 Å². The zero-order chi connectivity index (χ0) is 23.8. The third-order valence-corrected chi connectivity index (χ3v) is 6.61. The Morgan fingerprint density at radius 3 is 2.53 bits per heavy atom. The molecule has 8 nitrogen and oxygen atoms in total. The lowest BCUT2D eigenvalue weighted by molar-refractivity contribution is 0.0314.